The van der Waals surface area contributed by atoms with Gasteiger partial charge in [0.1, 0.15) is 17.9 Å². The topological polar surface area (TPSA) is 64.6 Å². The fraction of sp³-hybridized carbons (Fsp3) is 0.190. The van der Waals surface area contributed by atoms with Crippen molar-refractivity contribution in [1.29, 1.82) is 0 Å². The molecule has 3 aromatic rings. The Bertz CT molecular complexity index is 943. The van der Waals surface area contributed by atoms with Gasteiger partial charge in [-0.05, 0) is 29.8 Å². The van der Waals surface area contributed by atoms with Crippen molar-refractivity contribution in [2.45, 2.75) is 6.54 Å². The lowest BCUT2D eigenvalue weighted by atomic mass is 10.2. The van der Waals surface area contributed by atoms with Crippen LogP contribution in [0.1, 0.15) is 15.9 Å². The fourth-order valence-corrected chi connectivity index (χ4v) is 2.98. The van der Waals surface area contributed by atoms with Gasteiger partial charge in [-0.3, -0.25) is 4.79 Å². The van der Waals surface area contributed by atoms with Crippen LogP contribution in [0, 0.1) is 0 Å². The number of carbonyl (C=O) groups excluding carboxylic acids is 1. The van der Waals surface area contributed by atoms with Crippen LogP contribution in [0.4, 0.5) is 0 Å². The monoisotopic (exact) mass is 361 g/mol. The van der Waals surface area contributed by atoms with Crippen molar-refractivity contribution in [2.24, 2.45) is 0 Å². The first-order valence-electron chi connectivity index (χ1n) is 8.72. The van der Waals surface area contributed by atoms with E-state index >= 15 is 0 Å². The lowest BCUT2D eigenvalue weighted by molar-refractivity contribution is 0.0742. The minimum Gasteiger partial charge on any atom is -0.497 e. The summed E-state index contributed by atoms with van der Waals surface area (Å²) >= 11 is 0. The number of rotatable bonds is 4. The van der Waals surface area contributed by atoms with Crippen LogP contribution in [0.2, 0.25) is 0 Å². The molecule has 0 radical (unpaired) electrons. The number of amides is 1. The average Bonchev–Trinajstić information content (AvgIpc) is 2.87. The van der Waals surface area contributed by atoms with Gasteiger partial charge in [0.15, 0.2) is 5.82 Å². The maximum absolute atomic E-state index is 12.9. The molecule has 0 spiro atoms. The van der Waals surface area contributed by atoms with E-state index in [1.807, 2.05) is 54.6 Å². The fourth-order valence-electron chi connectivity index (χ4n) is 2.98. The van der Waals surface area contributed by atoms with Crippen molar-refractivity contribution in [3.8, 4) is 23.0 Å². The molecule has 0 saturated carbocycles. The Morgan fingerprint density at radius 2 is 1.89 bits per heavy atom. The molecule has 0 unspecified atom stereocenters. The Morgan fingerprint density at radius 1 is 1.11 bits per heavy atom. The molecule has 0 aliphatic carbocycles. The number of benzene rings is 2. The first-order chi connectivity index (χ1) is 13.2. The smallest absolute Gasteiger partial charge is 0.261 e. The molecule has 136 valence electrons. The molecule has 1 aliphatic heterocycles. The molecule has 1 aliphatic rings. The Balaban J connectivity index is 1.60. The quantitative estimate of drug-likeness (QED) is 0.714. The molecule has 0 fully saturated rings. The summed E-state index contributed by atoms with van der Waals surface area (Å²) in [6.45, 7) is 1.43. The highest BCUT2D eigenvalue weighted by Gasteiger charge is 2.25. The van der Waals surface area contributed by atoms with E-state index in [1.54, 1.807) is 18.2 Å². The predicted molar refractivity (Wildman–Crippen MR) is 101 cm³/mol. The van der Waals surface area contributed by atoms with E-state index in [9.17, 15) is 4.79 Å². The van der Waals surface area contributed by atoms with E-state index in [1.165, 1.54) is 0 Å². The number of aromatic nitrogens is 2. The molecule has 6 nitrogen and oxygen atoms in total. The van der Waals surface area contributed by atoms with Crippen molar-refractivity contribution in [2.75, 3.05) is 20.3 Å². The van der Waals surface area contributed by atoms with Crippen LogP contribution in [-0.4, -0.2) is 41.0 Å². The van der Waals surface area contributed by atoms with Crippen LogP contribution in [0.3, 0.4) is 0 Å². The minimum absolute atomic E-state index is 0.118. The molecule has 0 atom stereocenters. The van der Waals surface area contributed by atoms with Gasteiger partial charge in [0.25, 0.3) is 5.91 Å². The molecule has 2 aromatic carbocycles. The van der Waals surface area contributed by atoms with E-state index in [0.29, 0.717) is 37.0 Å². The number of carbonyl (C=O) groups is 1. The molecule has 2 heterocycles. The highest BCUT2D eigenvalue weighted by Crippen LogP contribution is 2.26. The Kier molecular flexibility index (Phi) is 4.70. The van der Waals surface area contributed by atoms with E-state index in [2.05, 4.69) is 9.97 Å². The molecule has 6 heteroatoms. The molecule has 0 bridgehead atoms. The van der Waals surface area contributed by atoms with Crippen LogP contribution in [-0.2, 0) is 6.54 Å². The Labute approximate surface area is 157 Å². The summed E-state index contributed by atoms with van der Waals surface area (Å²) in [5, 5.41) is 0. The number of hydrogen-bond acceptors (Lipinski definition) is 5. The molecule has 27 heavy (non-hydrogen) atoms. The standard InChI is InChI=1S/C21H19N3O3/c1-26-17-9-7-16(8-10-17)19-22-13-18-20(23-19)27-12-11-24(21(18)25)14-15-5-3-2-4-6-15/h2-10,13H,11-12,14H2,1H3. The van der Waals surface area contributed by atoms with Crippen LogP contribution in [0.5, 0.6) is 11.6 Å². The lowest BCUT2D eigenvalue weighted by Gasteiger charge is -2.19. The summed E-state index contributed by atoms with van der Waals surface area (Å²) in [5.74, 6) is 1.49. The molecule has 1 aromatic heterocycles. The van der Waals surface area contributed by atoms with Crippen LogP contribution >= 0.6 is 0 Å². The largest absolute Gasteiger partial charge is 0.497 e. The Morgan fingerprint density at radius 3 is 2.63 bits per heavy atom. The third-order valence-electron chi connectivity index (χ3n) is 4.44. The summed E-state index contributed by atoms with van der Waals surface area (Å²) < 4.78 is 10.9. The van der Waals surface area contributed by atoms with Gasteiger partial charge in [-0.25, -0.2) is 4.98 Å². The summed E-state index contributed by atoms with van der Waals surface area (Å²) in [7, 11) is 1.62. The highest BCUT2D eigenvalue weighted by molar-refractivity contribution is 5.96. The molecule has 0 N–H and O–H groups in total. The predicted octanol–water partition coefficient (Wildman–Crippen LogP) is 3.19. The molecular weight excluding hydrogens is 342 g/mol. The third-order valence-corrected chi connectivity index (χ3v) is 4.44. The second kappa shape index (κ2) is 7.45. The van der Waals surface area contributed by atoms with Gasteiger partial charge in [0, 0.05) is 18.3 Å². The van der Waals surface area contributed by atoms with Crippen molar-refractivity contribution in [3.05, 3.63) is 71.9 Å². The zero-order valence-electron chi connectivity index (χ0n) is 15.0. The van der Waals surface area contributed by atoms with Gasteiger partial charge in [0.2, 0.25) is 5.88 Å². The summed E-state index contributed by atoms with van der Waals surface area (Å²) in [6, 6.07) is 17.3. The van der Waals surface area contributed by atoms with Crippen molar-refractivity contribution >= 4 is 5.91 Å². The van der Waals surface area contributed by atoms with E-state index in [4.69, 9.17) is 9.47 Å². The molecule has 1 amide bonds. The normalized spacial score (nSPS) is 13.5. The van der Waals surface area contributed by atoms with E-state index in [-0.39, 0.29) is 5.91 Å². The second-order valence-electron chi connectivity index (χ2n) is 6.20. The van der Waals surface area contributed by atoms with Gasteiger partial charge >= 0.3 is 0 Å². The molecular formula is C21H19N3O3. The van der Waals surface area contributed by atoms with Crippen LogP contribution in [0.15, 0.2) is 60.8 Å². The summed E-state index contributed by atoms with van der Waals surface area (Å²) in [5.41, 5.74) is 2.30. The third kappa shape index (κ3) is 3.60. The number of ether oxygens (including phenoxy) is 2. The van der Waals surface area contributed by atoms with Crippen molar-refractivity contribution in [1.82, 2.24) is 14.9 Å². The SMILES string of the molecule is COc1ccc(-c2ncc3c(n2)OCCN(Cc2ccccc2)C3=O)cc1. The number of hydrogen-bond donors (Lipinski definition) is 0. The van der Waals surface area contributed by atoms with Gasteiger partial charge in [-0.15, -0.1) is 0 Å². The van der Waals surface area contributed by atoms with E-state index < -0.39 is 0 Å². The van der Waals surface area contributed by atoms with Crippen LogP contribution < -0.4 is 9.47 Å². The van der Waals surface area contributed by atoms with Gasteiger partial charge in [0.05, 0.1) is 13.7 Å². The van der Waals surface area contributed by atoms with E-state index in [0.717, 1.165) is 16.9 Å². The first-order valence-corrected chi connectivity index (χ1v) is 8.72. The van der Waals surface area contributed by atoms with Crippen molar-refractivity contribution < 1.29 is 14.3 Å². The molecule has 4 rings (SSSR count). The minimum atomic E-state index is -0.118. The zero-order valence-corrected chi connectivity index (χ0v) is 15.0. The van der Waals surface area contributed by atoms with Crippen LogP contribution in [0.25, 0.3) is 11.4 Å². The summed E-state index contributed by atoms with van der Waals surface area (Å²) in [6.07, 6.45) is 1.55. The zero-order chi connectivity index (χ0) is 18.6. The number of nitrogens with zero attached hydrogens (tertiary/aromatic N) is 3. The average molecular weight is 361 g/mol. The summed E-state index contributed by atoms with van der Waals surface area (Å²) in [4.78, 5) is 23.5. The van der Waals surface area contributed by atoms with Gasteiger partial charge in [-0.2, -0.15) is 4.98 Å². The Hall–Kier alpha value is -3.41. The van der Waals surface area contributed by atoms with Crippen molar-refractivity contribution in [3.63, 3.8) is 0 Å². The molecule has 0 saturated heterocycles. The maximum atomic E-state index is 12.9. The highest BCUT2D eigenvalue weighted by atomic mass is 16.5. The lowest BCUT2D eigenvalue weighted by Crippen LogP contribution is -2.31. The number of methoxy groups -OCH3 is 1. The van der Waals surface area contributed by atoms with Gasteiger partial charge < -0.3 is 14.4 Å². The first kappa shape index (κ1) is 17.0. The van der Waals surface area contributed by atoms with Gasteiger partial charge in [-0.1, -0.05) is 30.3 Å². The maximum Gasteiger partial charge on any atom is 0.261 e. The second-order valence-corrected chi connectivity index (χ2v) is 6.20. The number of fused-ring (bicyclic) bond motifs is 1.